The van der Waals surface area contributed by atoms with Crippen LogP contribution in [0.15, 0.2) is 16.9 Å². The fourth-order valence-electron chi connectivity index (χ4n) is 3.66. The molecule has 2 fully saturated rings. The number of amides is 2. The van der Waals surface area contributed by atoms with E-state index in [-0.39, 0.29) is 23.1 Å². The van der Waals surface area contributed by atoms with Gasteiger partial charge in [0, 0.05) is 63.0 Å². The van der Waals surface area contributed by atoms with Gasteiger partial charge in [0.1, 0.15) is 0 Å². The number of piperazine rings is 1. The molecule has 0 spiro atoms. The normalized spacial score (nSPS) is 19.3. The highest BCUT2D eigenvalue weighted by molar-refractivity contribution is 9.10. The number of piperidine rings is 1. The van der Waals surface area contributed by atoms with Crippen molar-refractivity contribution in [2.45, 2.75) is 33.6 Å². The average molecular weight is 438 g/mol. The second-order valence-corrected chi connectivity index (χ2v) is 9.25. The van der Waals surface area contributed by atoms with Crippen LogP contribution in [0, 0.1) is 11.3 Å². The number of hydrogen-bond acceptors (Lipinski definition) is 5. The van der Waals surface area contributed by atoms with Gasteiger partial charge in [0.2, 0.25) is 17.8 Å². The molecule has 7 nitrogen and oxygen atoms in total. The van der Waals surface area contributed by atoms with Gasteiger partial charge in [-0.15, -0.1) is 0 Å². The number of carbonyl (C=O) groups excluding carboxylic acids is 2. The maximum atomic E-state index is 12.9. The van der Waals surface area contributed by atoms with Crippen LogP contribution in [0.1, 0.15) is 33.6 Å². The summed E-state index contributed by atoms with van der Waals surface area (Å²) < 4.78 is 0.858. The highest BCUT2D eigenvalue weighted by atomic mass is 79.9. The number of aromatic nitrogens is 2. The van der Waals surface area contributed by atoms with Crippen molar-refractivity contribution in [3.8, 4) is 0 Å². The van der Waals surface area contributed by atoms with Gasteiger partial charge < -0.3 is 14.7 Å². The van der Waals surface area contributed by atoms with Gasteiger partial charge in [-0.25, -0.2) is 9.97 Å². The van der Waals surface area contributed by atoms with Crippen LogP contribution in [-0.2, 0) is 9.59 Å². The third-order valence-corrected chi connectivity index (χ3v) is 5.66. The number of rotatable bonds is 2. The second kappa shape index (κ2) is 8.12. The zero-order valence-electron chi connectivity index (χ0n) is 16.3. The van der Waals surface area contributed by atoms with Crippen LogP contribution in [0.2, 0.25) is 0 Å². The Kier molecular flexibility index (Phi) is 6.03. The molecule has 0 saturated carbocycles. The molecule has 27 heavy (non-hydrogen) atoms. The van der Waals surface area contributed by atoms with Gasteiger partial charge in [-0.1, -0.05) is 20.8 Å². The smallest absolute Gasteiger partial charge is 0.227 e. The topological polar surface area (TPSA) is 69.6 Å². The predicted molar refractivity (Wildman–Crippen MR) is 107 cm³/mol. The second-order valence-electron chi connectivity index (χ2n) is 8.33. The van der Waals surface area contributed by atoms with Crippen molar-refractivity contribution in [2.24, 2.45) is 11.3 Å². The minimum Gasteiger partial charge on any atom is -0.342 e. The fraction of sp³-hybridized carbons (Fsp3) is 0.684. The largest absolute Gasteiger partial charge is 0.342 e. The maximum absolute atomic E-state index is 12.9. The van der Waals surface area contributed by atoms with Crippen molar-refractivity contribution in [2.75, 3.05) is 44.2 Å². The van der Waals surface area contributed by atoms with Crippen molar-refractivity contribution in [3.05, 3.63) is 16.9 Å². The Bertz CT molecular complexity index is 672. The average Bonchev–Trinajstić information content (AvgIpc) is 2.67. The first-order valence-electron chi connectivity index (χ1n) is 9.56. The lowest BCUT2D eigenvalue weighted by Gasteiger charge is -2.39. The maximum Gasteiger partial charge on any atom is 0.227 e. The summed E-state index contributed by atoms with van der Waals surface area (Å²) in [5, 5.41) is 0. The Morgan fingerprint density at radius 2 is 1.52 bits per heavy atom. The van der Waals surface area contributed by atoms with E-state index in [1.165, 1.54) is 0 Å². The summed E-state index contributed by atoms with van der Waals surface area (Å²) in [6.45, 7) is 10.1. The molecular weight excluding hydrogens is 410 g/mol. The molecule has 148 valence electrons. The third-order valence-electron chi connectivity index (χ3n) is 5.25. The van der Waals surface area contributed by atoms with Gasteiger partial charge in [0.15, 0.2) is 0 Å². The molecule has 0 unspecified atom stereocenters. The zero-order chi connectivity index (χ0) is 19.6. The molecule has 0 N–H and O–H groups in total. The molecule has 0 aliphatic carbocycles. The Morgan fingerprint density at radius 3 is 2.04 bits per heavy atom. The molecule has 0 radical (unpaired) electrons. The van der Waals surface area contributed by atoms with Crippen LogP contribution >= 0.6 is 15.9 Å². The molecule has 2 aliphatic heterocycles. The number of nitrogens with zero attached hydrogens (tertiary/aromatic N) is 5. The van der Waals surface area contributed by atoms with E-state index in [1.54, 1.807) is 12.4 Å². The van der Waals surface area contributed by atoms with Crippen LogP contribution in [0.5, 0.6) is 0 Å². The van der Waals surface area contributed by atoms with E-state index in [0.29, 0.717) is 32.1 Å². The summed E-state index contributed by atoms with van der Waals surface area (Å²) in [5.74, 6) is 1.15. The lowest BCUT2D eigenvalue weighted by molar-refractivity contribution is -0.145. The van der Waals surface area contributed by atoms with Crippen LogP contribution in [0.25, 0.3) is 0 Å². The van der Waals surface area contributed by atoms with Crippen LogP contribution in [0.3, 0.4) is 0 Å². The van der Waals surface area contributed by atoms with Gasteiger partial charge in [0.05, 0.1) is 4.47 Å². The van der Waals surface area contributed by atoms with Crippen molar-refractivity contribution in [1.82, 2.24) is 19.8 Å². The number of halogens is 1. The van der Waals surface area contributed by atoms with E-state index in [0.717, 1.165) is 30.4 Å². The van der Waals surface area contributed by atoms with E-state index in [1.807, 2.05) is 30.6 Å². The van der Waals surface area contributed by atoms with Gasteiger partial charge in [-0.3, -0.25) is 9.59 Å². The highest BCUT2D eigenvalue weighted by Gasteiger charge is 2.34. The standard InChI is InChI=1S/C19H28BrN5O2/c1-19(2,3)17(27)24-6-4-14(5-7-24)16(26)23-8-10-25(11-9-23)18-21-12-15(20)13-22-18/h12-14H,4-11H2,1-3H3. The molecule has 0 bridgehead atoms. The summed E-state index contributed by atoms with van der Waals surface area (Å²) in [5.41, 5.74) is -0.359. The molecule has 1 aromatic heterocycles. The zero-order valence-corrected chi connectivity index (χ0v) is 17.9. The molecule has 2 saturated heterocycles. The molecule has 2 amide bonds. The molecule has 3 rings (SSSR count). The van der Waals surface area contributed by atoms with Crippen LogP contribution in [0.4, 0.5) is 5.95 Å². The number of hydrogen-bond donors (Lipinski definition) is 0. The Morgan fingerprint density at radius 1 is 0.963 bits per heavy atom. The van der Waals surface area contributed by atoms with Crippen molar-refractivity contribution in [3.63, 3.8) is 0 Å². The van der Waals surface area contributed by atoms with Crippen LogP contribution < -0.4 is 4.90 Å². The molecular formula is C19H28BrN5O2. The number of anilines is 1. The molecule has 0 atom stereocenters. The Balaban J connectivity index is 1.49. The fourth-order valence-corrected chi connectivity index (χ4v) is 3.86. The quantitative estimate of drug-likeness (QED) is 0.708. The molecule has 2 aliphatic rings. The number of carbonyl (C=O) groups is 2. The van der Waals surface area contributed by atoms with Crippen molar-refractivity contribution >= 4 is 33.7 Å². The Hall–Kier alpha value is -1.70. The summed E-state index contributed by atoms with van der Waals surface area (Å²) in [7, 11) is 0. The highest BCUT2D eigenvalue weighted by Crippen LogP contribution is 2.25. The molecule has 0 aromatic carbocycles. The van der Waals surface area contributed by atoms with Gasteiger partial charge in [-0.2, -0.15) is 0 Å². The van der Waals surface area contributed by atoms with Crippen molar-refractivity contribution < 1.29 is 9.59 Å². The predicted octanol–water partition coefficient (Wildman–Crippen LogP) is 2.17. The Labute approximate surface area is 169 Å². The van der Waals surface area contributed by atoms with Crippen molar-refractivity contribution in [1.29, 1.82) is 0 Å². The minimum absolute atomic E-state index is 0.0319. The number of likely N-dealkylation sites (tertiary alicyclic amines) is 1. The summed E-state index contributed by atoms with van der Waals surface area (Å²) in [6, 6.07) is 0. The van der Waals surface area contributed by atoms with Gasteiger partial charge in [0.25, 0.3) is 0 Å². The van der Waals surface area contributed by atoms with Gasteiger partial charge >= 0.3 is 0 Å². The molecule has 1 aromatic rings. The third kappa shape index (κ3) is 4.78. The van der Waals surface area contributed by atoms with Gasteiger partial charge in [-0.05, 0) is 28.8 Å². The van der Waals surface area contributed by atoms with E-state index >= 15 is 0 Å². The SMILES string of the molecule is CC(C)(C)C(=O)N1CCC(C(=O)N2CCN(c3ncc(Br)cn3)CC2)CC1. The monoisotopic (exact) mass is 437 g/mol. The van der Waals surface area contributed by atoms with E-state index in [9.17, 15) is 9.59 Å². The lowest BCUT2D eigenvalue weighted by atomic mass is 9.90. The van der Waals surface area contributed by atoms with E-state index < -0.39 is 0 Å². The first-order chi connectivity index (χ1) is 12.8. The summed E-state index contributed by atoms with van der Waals surface area (Å²) >= 11 is 3.35. The first-order valence-corrected chi connectivity index (χ1v) is 10.4. The summed E-state index contributed by atoms with van der Waals surface area (Å²) in [6.07, 6.45) is 5.01. The van der Waals surface area contributed by atoms with E-state index in [2.05, 4.69) is 30.8 Å². The minimum atomic E-state index is -0.359. The molecule has 3 heterocycles. The molecule has 8 heteroatoms. The first kappa shape index (κ1) is 20.0. The lowest BCUT2D eigenvalue weighted by Crippen LogP contribution is -2.52. The summed E-state index contributed by atoms with van der Waals surface area (Å²) in [4.78, 5) is 39.9. The van der Waals surface area contributed by atoms with E-state index in [4.69, 9.17) is 0 Å². The van der Waals surface area contributed by atoms with Crippen LogP contribution in [-0.4, -0.2) is 70.9 Å².